The lowest BCUT2D eigenvalue weighted by Crippen LogP contribution is -2.43. The molecule has 0 aromatic carbocycles. The standard InChI is InChI=1S/C9H19NO3/c1-4-9(12,5-2)7-10-8(11)6-13-3/h12H,4-7H2,1-3H3,(H,10,11). The summed E-state index contributed by atoms with van der Waals surface area (Å²) in [4.78, 5) is 11.0. The first kappa shape index (κ1) is 12.4. The van der Waals surface area contributed by atoms with Gasteiger partial charge in [0.1, 0.15) is 6.61 Å². The number of aliphatic hydroxyl groups is 1. The Hall–Kier alpha value is -0.610. The van der Waals surface area contributed by atoms with Crippen LogP contribution in [0.25, 0.3) is 0 Å². The molecule has 0 saturated heterocycles. The number of hydrogen-bond acceptors (Lipinski definition) is 3. The maximum Gasteiger partial charge on any atom is 0.246 e. The van der Waals surface area contributed by atoms with Crippen molar-refractivity contribution in [3.05, 3.63) is 0 Å². The van der Waals surface area contributed by atoms with Gasteiger partial charge in [0.25, 0.3) is 0 Å². The van der Waals surface area contributed by atoms with Crippen molar-refractivity contribution in [2.24, 2.45) is 0 Å². The largest absolute Gasteiger partial charge is 0.388 e. The van der Waals surface area contributed by atoms with E-state index in [0.29, 0.717) is 19.4 Å². The van der Waals surface area contributed by atoms with Crippen LogP contribution in [0.4, 0.5) is 0 Å². The normalized spacial score (nSPS) is 11.4. The molecule has 0 aliphatic heterocycles. The van der Waals surface area contributed by atoms with E-state index < -0.39 is 5.60 Å². The van der Waals surface area contributed by atoms with Gasteiger partial charge in [-0.1, -0.05) is 13.8 Å². The quantitative estimate of drug-likeness (QED) is 0.632. The van der Waals surface area contributed by atoms with E-state index in [-0.39, 0.29) is 12.5 Å². The van der Waals surface area contributed by atoms with Crippen molar-refractivity contribution in [2.45, 2.75) is 32.3 Å². The highest BCUT2D eigenvalue weighted by Crippen LogP contribution is 2.12. The molecule has 4 heteroatoms. The Bertz CT molecular complexity index is 155. The van der Waals surface area contributed by atoms with Crippen LogP contribution in [-0.4, -0.2) is 36.9 Å². The van der Waals surface area contributed by atoms with Gasteiger partial charge in [0, 0.05) is 13.7 Å². The molecule has 1 amide bonds. The summed E-state index contributed by atoms with van der Waals surface area (Å²) in [6, 6.07) is 0. The smallest absolute Gasteiger partial charge is 0.246 e. The fraction of sp³-hybridized carbons (Fsp3) is 0.889. The van der Waals surface area contributed by atoms with E-state index in [4.69, 9.17) is 0 Å². The van der Waals surface area contributed by atoms with Crippen molar-refractivity contribution in [2.75, 3.05) is 20.3 Å². The monoisotopic (exact) mass is 189 g/mol. The molecule has 2 N–H and O–H groups in total. The average Bonchev–Trinajstić information content (AvgIpc) is 2.15. The fourth-order valence-electron chi connectivity index (χ4n) is 0.945. The van der Waals surface area contributed by atoms with Crippen molar-refractivity contribution >= 4 is 5.91 Å². The Labute approximate surface area is 79.3 Å². The highest BCUT2D eigenvalue weighted by Gasteiger charge is 2.22. The zero-order valence-electron chi connectivity index (χ0n) is 8.59. The lowest BCUT2D eigenvalue weighted by Gasteiger charge is -2.25. The maximum absolute atomic E-state index is 11.0. The highest BCUT2D eigenvalue weighted by molar-refractivity contribution is 5.77. The summed E-state index contributed by atoms with van der Waals surface area (Å²) in [5.74, 6) is -0.192. The molecule has 13 heavy (non-hydrogen) atoms. The molecule has 4 nitrogen and oxygen atoms in total. The average molecular weight is 189 g/mol. The summed E-state index contributed by atoms with van der Waals surface area (Å²) in [6.45, 7) is 4.13. The predicted molar refractivity (Wildman–Crippen MR) is 50.4 cm³/mol. The van der Waals surface area contributed by atoms with Gasteiger partial charge in [-0.3, -0.25) is 4.79 Å². The second-order valence-electron chi connectivity index (χ2n) is 3.14. The second-order valence-corrected chi connectivity index (χ2v) is 3.14. The van der Waals surface area contributed by atoms with Crippen LogP contribution in [0.2, 0.25) is 0 Å². The number of nitrogens with one attached hydrogen (secondary N) is 1. The van der Waals surface area contributed by atoms with Gasteiger partial charge in [0.15, 0.2) is 0 Å². The molecule has 78 valence electrons. The van der Waals surface area contributed by atoms with E-state index in [1.165, 1.54) is 7.11 Å². The number of amides is 1. The van der Waals surface area contributed by atoms with Crippen LogP contribution in [0.15, 0.2) is 0 Å². The minimum Gasteiger partial charge on any atom is -0.388 e. The summed E-state index contributed by atoms with van der Waals surface area (Å²) >= 11 is 0. The van der Waals surface area contributed by atoms with Crippen LogP contribution in [0.3, 0.4) is 0 Å². The third-order valence-electron chi connectivity index (χ3n) is 2.21. The predicted octanol–water partition coefficient (Wildman–Crippen LogP) is 0.300. The summed E-state index contributed by atoms with van der Waals surface area (Å²) in [6.07, 6.45) is 1.27. The van der Waals surface area contributed by atoms with Gasteiger partial charge in [-0.2, -0.15) is 0 Å². The van der Waals surface area contributed by atoms with Gasteiger partial charge in [-0.05, 0) is 12.8 Å². The summed E-state index contributed by atoms with van der Waals surface area (Å²) in [5.41, 5.74) is -0.774. The van der Waals surface area contributed by atoms with E-state index in [0.717, 1.165) is 0 Å². The number of ether oxygens (including phenoxy) is 1. The molecule has 0 spiro atoms. The first-order valence-corrected chi connectivity index (χ1v) is 4.56. The number of carbonyl (C=O) groups is 1. The van der Waals surface area contributed by atoms with Gasteiger partial charge < -0.3 is 15.2 Å². The third kappa shape index (κ3) is 4.85. The van der Waals surface area contributed by atoms with Gasteiger partial charge in [-0.15, -0.1) is 0 Å². The van der Waals surface area contributed by atoms with E-state index in [1.54, 1.807) is 0 Å². The Morgan fingerprint density at radius 1 is 1.46 bits per heavy atom. The lowest BCUT2D eigenvalue weighted by atomic mass is 9.98. The van der Waals surface area contributed by atoms with Crippen LogP contribution in [-0.2, 0) is 9.53 Å². The minimum atomic E-state index is -0.774. The van der Waals surface area contributed by atoms with Crippen molar-refractivity contribution in [1.82, 2.24) is 5.32 Å². The topological polar surface area (TPSA) is 58.6 Å². The molecule has 0 rings (SSSR count). The van der Waals surface area contributed by atoms with Crippen LogP contribution in [0.5, 0.6) is 0 Å². The molecule has 0 aliphatic rings. The van der Waals surface area contributed by atoms with E-state index in [2.05, 4.69) is 10.1 Å². The first-order chi connectivity index (χ1) is 6.08. The second kappa shape index (κ2) is 5.94. The molecule has 0 saturated carbocycles. The zero-order chi connectivity index (χ0) is 10.3. The first-order valence-electron chi connectivity index (χ1n) is 4.56. The SMILES string of the molecule is CCC(O)(CC)CNC(=O)COC. The van der Waals surface area contributed by atoms with Crippen molar-refractivity contribution < 1.29 is 14.6 Å². The molecule has 0 aromatic heterocycles. The Morgan fingerprint density at radius 3 is 2.38 bits per heavy atom. The van der Waals surface area contributed by atoms with Crippen molar-refractivity contribution in [3.63, 3.8) is 0 Å². The van der Waals surface area contributed by atoms with Gasteiger partial charge >= 0.3 is 0 Å². The summed E-state index contributed by atoms with van der Waals surface area (Å²) < 4.78 is 4.64. The molecular formula is C9H19NO3. The maximum atomic E-state index is 11.0. The Kier molecular flexibility index (Phi) is 5.66. The van der Waals surface area contributed by atoms with Gasteiger partial charge in [0.2, 0.25) is 5.91 Å². The molecular weight excluding hydrogens is 170 g/mol. The minimum absolute atomic E-state index is 0.0451. The fourth-order valence-corrected chi connectivity index (χ4v) is 0.945. The molecule has 0 heterocycles. The number of hydrogen-bond donors (Lipinski definition) is 2. The van der Waals surface area contributed by atoms with Gasteiger partial charge in [0.05, 0.1) is 5.60 Å². The summed E-state index contributed by atoms with van der Waals surface area (Å²) in [7, 11) is 1.46. The lowest BCUT2D eigenvalue weighted by molar-refractivity contribution is -0.126. The van der Waals surface area contributed by atoms with E-state index >= 15 is 0 Å². The molecule has 0 unspecified atom stereocenters. The van der Waals surface area contributed by atoms with E-state index in [9.17, 15) is 9.90 Å². The number of rotatable bonds is 6. The van der Waals surface area contributed by atoms with E-state index in [1.807, 2.05) is 13.8 Å². The van der Waals surface area contributed by atoms with Crippen LogP contribution in [0.1, 0.15) is 26.7 Å². The third-order valence-corrected chi connectivity index (χ3v) is 2.21. The molecule has 0 aromatic rings. The van der Waals surface area contributed by atoms with Gasteiger partial charge in [-0.25, -0.2) is 0 Å². The molecule has 0 fully saturated rings. The van der Waals surface area contributed by atoms with Crippen molar-refractivity contribution in [3.8, 4) is 0 Å². The molecule has 0 aliphatic carbocycles. The Balaban J connectivity index is 3.78. The van der Waals surface area contributed by atoms with Crippen molar-refractivity contribution in [1.29, 1.82) is 0 Å². The highest BCUT2D eigenvalue weighted by atomic mass is 16.5. The van der Waals surface area contributed by atoms with Crippen LogP contribution >= 0.6 is 0 Å². The Morgan fingerprint density at radius 2 is 2.00 bits per heavy atom. The molecule has 0 bridgehead atoms. The summed E-state index contributed by atoms with van der Waals surface area (Å²) in [5, 5.41) is 12.4. The molecule has 0 radical (unpaired) electrons. The zero-order valence-corrected chi connectivity index (χ0v) is 8.59. The number of carbonyl (C=O) groups excluding carboxylic acids is 1. The van der Waals surface area contributed by atoms with Crippen LogP contribution < -0.4 is 5.32 Å². The van der Waals surface area contributed by atoms with Crippen LogP contribution in [0, 0.1) is 0 Å². The molecule has 0 atom stereocenters. The number of methoxy groups -OCH3 is 1.